The lowest BCUT2D eigenvalue weighted by Gasteiger charge is -2.39. The highest BCUT2D eigenvalue weighted by molar-refractivity contribution is 7.46. The number of ether oxygens (including phenoxy) is 2. The minimum atomic E-state index is -5.02. The molecular formula is C30H32N3O8P. The number of aromatic amines is 1. The molecular weight excluding hydrogens is 561 g/mol. The quantitative estimate of drug-likeness (QED) is 0.168. The van der Waals surface area contributed by atoms with Crippen molar-refractivity contribution < 1.29 is 28.3 Å². The van der Waals surface area contributed by atoms with Gasteiger partial charge in [-0.05, 0) is 42.2 Å². The maximum absolute atomic E-state index is 12.8. The van der Waals surface area contributed by atoms with Gasteiger partial charge in [-0.3, -0.25) is 24.6 Å². The molecule has 3 aromatic carbocycles. The second-order valence-electron chi connectivity index (χ2n) is 10.4. The average Bonchev–Trinajstić information content (AvgIpc) is 3.28. The predicted molar refractivity (Wildman–Crippen MR) is 155 cm³/mol. The maximum Gasteiger partial charge on any atom is 0.469 e. The highest BCUT2D eigenvalue weighted by Gasteiger charge is 2.52. The zero-order chi connectivity index (χ0) is 30.1. The molecule has 1 aliphatic heterocycles. The Labute approximate surface area is 241 Å². The van der Waals surface area contributed by atoms with Crippen molar-refractivity contribution in [3.63, 3.8) is 0 Å². The Bertz CT molecular complexity index is 1660. The minimum Gasteiger partial charge on any atom is -0.497 e. The van der Waals surface area contributed by atoms with Gasteiger partial charge in [0.2, 0.25) is 5.85 Å². The van der Waals surface area contributed by atoms with E-state index in [2.05, 4.69) is 4.98 Å². The van der Waals surface area contributed by atoms with Crippen LogP contribution in [0.5, 0.6) is 5.75 Å². The van der Waals surface area contributed by atoms with Crippen molar-refractivity contribution in [3.8, 4) is 5.75 Å². The number of phosphoric ester groups is 1. The summed E-state index contributed by atoms with van der Waals surface area (Å²) in [5.74, 6) is -1.22. The lowest BCUT2D eigenvalue weighted by atomic mass is 9.66. The molecule has 2 heterocycles. The number of aromatic nitrogens is 2. The van der Waals surface area contributed by atoms with Gasteiger partial charge in [0.15, 0.2) is 0 Å². The van der Waals surface area contributed by atoms with Crippen LogP contribution >= 0.6 is 7.82 Å². The van der Waals surface area contributed by atoms with E-state index < -0.39 is 42.5 Å². The number of hydrogen-bond acceptors (Lipinski definition) is 7. The molecule has 0 saturated carbocycles. The largest absolute Gasteiger partial charge is 0.497 e. The zero-order valence-corrected chi connectivity index (χ0v) is 23.9. The number of aryl methyl sites for hydroxylation is 1. The van der Waals surface area contributed by atoms with Crippen LogP contribution in [0.15, 0.2) is 101 Å². The summed E-state index contributed by atoms with van der Waals surface area (Å²) >= 11 is 0. The van der Waals surface area contributed by atoms with Gasteiger partial charge in [-0.25, -0.2) is 9.36 Å². The van der Waals surface area contributed by atoms with E-state index >= 15 is 0 Å². The van der Waals surface area contributed by atoms with E-state index in [1.165, 1.54) is 13.1 Å². The van der Waals surface area contributed by atoms with Crippen molar-refractivity contribution in [2.45, 2.75) is 43.2 Å². The normalized spacial score (nSPS) is 20.9. The highest BCUT2D eigenvalue weighted by Crippen LogP contribution is 2.50. The van der Waals surface area contributed by atoms with Gasteiger partial charge in [0.05, 0.1) is 13.2 Å². The van der Waals surface area contributed by atoms with Crippen molar-refractivity contribution in [1.82, 2.24) is 9.55 Å². The van der Waals surface area contributed by atoms with Gasteiger partial charge in [0.1, 0.15) is 11.9 Å². The second-order valence-corrected chi connectivity index (χ2v) is 11.5. The molecule has 0 aliphatic carbocycles. The SMILES string of the molecule is COc1ccc(C(C[C@H]2O[C@@](N)(n3cc(C)c(=O)[nH]c3=O)C[C@@H]2OP(=O)(O)O)(c2ccccc2)c2ccccc2)cc1. The van der Waals surface area contributed by atoms with Crippen LogP contribution in [0.25, 0.3) is 0 Å². The number of H-pyrrole nitrogens is 1. The van der Waals surface area contributed by atoms with Crippen molar-refractivity contribution in [3.05, 3.63) is 134 Å². The minimum absolute atomic E-state index is 0.119. The molecule has 0 unspecified atom stereocenters. The first-order valence-corrected chi connectivity index (χ1v) is 14.8. The molecule has 42 heavy (non-hydrogen) atoms. The van der Waals surface area contributed by atoms with Gasteiger partial charge < -0.3 is 19.3 Å². The molecule has 1 aromatic heterocycles. The molecule has 0 radical (unpaired) electrons. The van der Waals surface area contributed by atoms with Gasteiger partial charge in [0, 0.05) is 23.6 Å². The van der Waals surface area contributed by atoms with Crippen LogP contribution < -0.4 is 21.7 Å². The number of rotatable bonds is 9. The summed E-state index contributed by atoms with van der Waals surface area (Å²) in [6.45, 7) is 1.51. The summed E-state index contributed by atoms with van der Waals surface area (Å²) < 4.78 is 30.2. The highest BCUT2D eigenvalue weighted by atomic mass is 31.2. The Morgan fingerprint density at radius 2 is 1.55 bits per heavy atom. The van der Waals surface area contributed by atoms with Crippen molar-refractivity contribution in [2.24, 2.45) is 5.73 Å². The average molecular weight is 594 g/mol. The second kappa shape index (κ2) is 11.4. The van der Waals surface area contributed by atoms with E-state index in [4.69, 9.17) is 19.7 Å². The van der Waals surface area contributed by atoms with Gasteiger partial charge in [-0.2, -0.15) is 0 Å². The molecule has 5 rings (SSSR count). The number of benzene rings is 3. The Morgan fingerprint density at radius 3 is 2.07 bits per heavy atom. The van der Waals surface area contributed by atoms with Crippen molar-refractivity contribution in [1.29, 1.82) is 0 Å². The number of methoxy groups -OCH3 is 1. The van der Waals surface area contributed by atoms with E-state index in [1.54, 1.807) is 7.11 Å². The third-order valence-electron chi connectivity index (χ3n) is 7.69. The summed E-state index contributed by atoms with van der Waals surface area (Å²) in [5, 5.41) is 0. The van der Waals surface area contributed by atoms with Gasteiger partial charge in [-0.1, -0.05) is 72.8 Å². The fraction of sp³-hybridized carbons (Fsp3) is 0.267. The molecule has 1 fully saturated rings. The van der Waals surface area contributed by atoms with Gasteiger partial charge in [0.25, 0.3) is 5.56 Å². The lowest BCUT2D eigenvalue weighted by Crippen LogP contribution is -2.51. The third kappa shape index (κ3) is 5.76. The van der Waals surface area contributed by atoms with Crippen LogP contribution in [0.4, 0.5) is 0 Å². The number of nitrogens with two attached hydrogens (primary N) is 1. The lowest BCUT2D eigenvalue weighted by molar-refractivity contribution is -0.107. The van der Waals surface area contributed by atoms with Crippen molar-refractivity contribution >= 4 is 7.82 Å². The van der Waals surface area contributed by atoms with Gasteiger partial charge >= 0.3 is 13.5 Å². The molecule has 0 spiro atoms. The number of nitrogens with zero attached hydrogens (tertiary/aromatic N) is 1. The summed E-state index contributed by atoms with van der Waals surface area (Å²) in [7, 11) is -3.44. The van der Waals surface area contributed by atoms with Gasteiger partial charge in [-0.15, -0.1) is 0 Å². The molecule has 1 aliphatic rings. The summed E-state index contributed by atoms with van der Waals surface area (Å²) in [6.07, 6.45) is -1.14. The summed E-state index contributed by atoms with van der Waals surface area (Å²) in [6, 6.07) is 26.8. The molecule has 11 nitrogen and oxygen atoms in total. The Hall–Kier alpha value is -3.83. The number of nitrogens with one attached hydrogen (secondary N) is 1. The fourth-order valence-corrected chi connectivity index (χ4v) is 6.30. The van der Waals surface area contributed by atoms with E-state index in [-0.39, 0.29) is 18.4 Å². The maximum atomic E-state index is 12.8. The molecule has 1 saturated heterocycles. The molecule has 12 heteroatoms. The van der Waals surface area contributed by atoms with E-state index in [0.717, 1.165) is 21.3 Å². The molecule has 4 aromatic rings. The first-order chi connectivity index (χ1) is 19.9. The molecule has 220 valence electrons. The molecule has 0 amide bonds. The van der Waals surface area contributed by atoms with E-state index in [9.17, 15) is 23.9 Å². The van der Waals surface area contributed by atoms with Crippen LogP contribution in [-0.2, 0) is 25.1 Å². The fourth-order valence-electron chi connectivity index (χ4n) is 5.74. The van der Waals surface area contributed by atoms with E-state index in [1.807, 2.05) is 84.9 Å². The number of hydrogen-bond donors (Lipinski definition) is 4. The van der Waals surface area contributed by atoms with Crippen LogP contribution in [0, 0.1) is 6.92 Å². The first-order valence-electron chi connectivity index (χ1n) is 13.2. The standard InChI is InChI=1S/C30H32N3O8P/c1-20-19-33(28(35)32-27(20)34)30(31)18-26(41-42(36,37)38)25(40-30)17-29(21-9-5-3-6-10-21,22-11-7-4-8-12-22)23-13-15-24(39-2)16-14-23/h3-16,19,25-26H,17-18,31H2,1-2H3,(H,32,34,35)(H2,36,37,38)/t25-,26+,30+/m1/s1. The zero-order valence-electron chi connectivity index (χ0n) is 23.0. The predicted octanol–water partition coefficient (Wildman–Crippen LogP) is 3.11. The Balaban J connectivity index is 1.70. The molecule has 5 N–H and O–H groups in total. The van der Waals surface area contributed by atoms with E-state index in [0.29, 0.717) is 5.75 Å². The Morgan fingerprint density at radius 1 is 1.00 bits per heavy atom. The summed E-state index contributed by atoms with van der Waals surface area (Å²) in [4.78, 5) is 46.8. The van der Waals surface area contributed by atoms with Crippen LogP contribution in [0.2, 0.25) is 0 Å². The van der Waals surface area contributed by atoms with Crippen LogP contribution in [0.3, 0.4) is 0 Å². The molecule has 3 atom stereocenters. The topological polar surface area (TPSA) is 166 Å². The van der Waals surface area contributed by atoms with Crippen LogP contribution in [-0.4, -0.2) is 38.7 Å². The Kier molecular flexibility index (Phi) is 8.08. The van der Waals surface area contributed by atoms with Crippen LogP contribution in [0.1, 0.15) is 35.1 Å². The first kappa shape index (κ1) is 29.7. The summed E-state index contributed by atoms with van der Waals surface area (Å²) in [5.41, 5.74) is 7.14. The molecule has 0 bridgehead atoms. The monoisotopic (exact) mass is 593 g/mol. The third-order valence-corrected chi connectivity index (χ3v) is 8.23. The smallest absolute Gasteiger partial charge is 0.469 e. The number of phosphoric acid groups is 1. The van der Waals surface area contributed by atoms with Crippen molar-refractivity contribution in [2.75, 3.05) is 7.11 Å².